The number of amides is 4. The van der Waals surface area contributed by atoms with Gasteiger partial charge in [-0.15, -0.1) is 0 Å². The van der Waals surface area contributed by atoms with Crippen molar-refractivity contribution in [2.45, 2.75) is 440 Å². The molecule has 18 N–H and O–H groups in total. The lowest BCUT2D eigenvalue weighted by molar-refractivity contribution is -0.713. The van der Waals surface area contributed by atoms with Gasteiger partial charge < -0.3 is 103 Å². The fourth-order valence-corrected chi connectivity index (χ4v) is 17.7. The Balaban J connectivity index is 0.000000271. The molecule has 4 amide bonds. The molecule has 14 rings (SSSR count). The Kier molecular flexibility index (Phi) is 55.5. The van der Waals surface area contributed by atoms with Crippen LogP contribution in [0.15, 0.2) is 157 Å². The third kappa shape index (κ3) is 55.3. The van der Waals surface area contributed by atoms with E-state index in [1.807, 2.05) is 135 Å². The van der Waals surface area contributed by atoms with Crippen LogP contribution in [0.25, 0.3) is 10.4 Å². The molecule has 0 spiro atoms. The Morgan fingerprint density at radius 3 is 1.12 bits per heavy atom. The fraction of sp³-hybridized carbons (Fsp3) is 0.667. The van der Waals surface area contributed by atoms with Crippen LogP contribution in [0, 0.1) is 0 Å². The van der Waals surface area contributed by atoms with Gasteiger partial charge in [0.2, 0.25) is 0 Å². The van der Waals surface area contributed by atoms with E-state index >= 15 is 0 Å². The molecule has 32 heteroatoms. The Hall–Kier alpha value is -8.57. The zero-order valence-corrected chi connectivity index (χ0v) is 85.0. The van der Waals surface area contributed by atoms with Crippen LogP contribution >= 0.6 is 0 Å². The highest BCUT2D eigenvalue weighted by Gasteiger charge is 2.40. The first-order chi connectivity index (χ1) is 64.9. The largest absolute Gasteiger partial charge is 0.479 e. The smallest absolute Gasteiger partial charge is 0.407 e. The first-order valence-corrected chi connectivity index (χ1v) is 51.9. The number of nitrogens with zero attached hydrogens (tertiary/aromatic N) is 3. The molecule has 5 aromatic carbocycles. The maximum absolute atomic E-state index is 11.7. The third-order valence-electron chi connectivity index (χ3n) is 24.2. The molecule has 0 aromatic heterocycles. The number of nitrogens with two attached hydrogens (primary N) is 3. The monoisotopic (exact) mass is 1940 g/mol. The molecule has 9 aliphatic rings. The van der Waals surface area contributed by atoms with E-state index in [9.17, 15) is 52.8 Å². The fourth-order valence-electron chi connectivity index (χ4n) is 17.0. The minimum Gasteiger partial charge on any atom is -0.479 e. The Bertz CT molecular complexity index is 4080. The molecular formula is C105H171N12O19S+. The molecule has 31 nitrogen and oxygen atoms in total. The lowest BCUT2D eigenvalue weighted by Crippen LogP contribution is -2.91. The van der Waals surface area contributed by atoms with Crippen LogP contribution in [-0.4, -0.2) is 195 Å². The molecule has 4 unspecified atom stereocenters. The second-order valence-electron chi connectivity index (χ2n) is 40.9. The standard InChI is InChI=1S/3C13H19NO.C12H23NO5S.C11H20N4O2.C11H22N2O2.C11H21NO3.C8H8O3.C7H9N.C6H10O/c3*15-13-9-5-4-8-12(13)14-10-11-6-2-1-3-7-11;1-12(2,3)17-11(14)13-9-7-5-6-8-10(9)18-19(4,15)16;1-11(2,3)17-10(16)13-8-6-4-5-7-9(8)14-15-12;1-11(2,3)15-10(14)13-9-7-5-4-6-8(9)12;1-11(2,3)15-10(14)12-8-6-4-5-7-9(8)13;9-7(8(10)11)6-4-2-1-3-5-6;8-6-7-4-2-1-3-5-7;1-2-4-6-5(3-1)7-6/h3*1-3,6-7,12-15H,4-5,8-10H2;9-10H,5-8H2,1-4H3,(H,13,14);8-9H,4-7H2,1-3H3,(H,13,16);8-9H,4-7,12H2,1-3H3,(H,13,14);8-9,13H,4-7H2,1-3H3,(H,12,14);1-5,7,9H,(H,10,11);1-5H,6,8H2;5-6H,1-4H2/p+1/t2*12-,13-;;9-,10-;2*8-,9+;8-,9-;7-;;/m00.00101../s1. The molecule has 5 aromatic rings. The summed E-state index contributed by atoms with van der Waals surface area (Å²) in [5, 5.41) is 80.3. The van der Waals surface area contributed by atoms with E-state index in [0.717, 1.165) is 154 Å². The van der Waals surface area contributed by atoms with Crippen LogP contribution in [0.3, 0.4) is 0 Å². The highest BCUT2D eigenvalue weighted by molar-refractivity contribution is 7.86. The van der Waals surface area contributed by atoms with E-state index in [1.54, 1.807) is 51.1 Å². The number of hydrogen-bond donors (Lipinski definition) is 15. The van der Waals surface area contributed by atoms with Gasteiger partial charge >= 0.3 is 30.3 Å². The van der Waals surface area contributed by atoms with Crippen molar-refractivity contribution in [1.29, 1.82) is 0 Å². The van der Waals surface area contributed by atoms with Crippen molar-refractivity contribution in [3.63, 3.8) is 0 Å². The number of azide groups is 1. The summed E-state index contributed by atoms with van der Waals surface area (Å²) >= 11 is 0. The minimum atomic E-state index is -3.52. The topological polar surface area (TPSA) is 489 Å². The van der Waals surface area contributed by atoms with Crippen molar-refractivity contribution >= 4 is 40.5 Å². The summed E-state index contributed by atoms with van der Waals surface area (Å²) in [7, 11) is -3.52. The number of aliphatic hydroxyl groups excluding tert-OH is 5. The number of aliphatic hydroxyl groups is 5. The predicted octanol–water partition coefficient (Wildman–Crippen LogP) is 17.0. The van der Waals surface area contributed by atoms with Crippen molar-refractivity contribution < 1.29 is 96.2 Å². The number of carboxylic acid groups (broad SMARTS) is 1. The first-order valence-electron chi connectivity index (χ1n) is 50.1. The van der Waals surface area contributed by atoms with Crippen LogP contribution in [0.2, 0.25) is 0 Å². The number of fused-ring (bicyclic) bond motifs is 1. The van der Waals surface area contributed by atoms with Gasteiger partial charge in [0.05, 0.1) is 61.0 Å². The molecule has 17 atom stereocenters. The third-order valence-corrected chi connectivity index (χ3v) is 24.8. The number of carbonyl (C=O) groups excluding carboxylic acids is 4. The summed E-state index contributed by atoms with van der Waals surface area (Å²) in [6, 6.07) is 49.9. The first kappa shape index (κ1) is 119. The molecule has 8 aliphatic carbocycles. The maximum Gasteiger partial charge on any atom is 0.407 e. The quantitative estimate of drug-likeness (QED) is 0.00911. The zero-order chi connectivity index (χ0) is 101. The molecule has 1 saturated heterocycles. The van der Waals surface area contributed by atoms with Crippen molar-refractivity contribution in [3.05, 3.63) is 190 Å². The molecule has 1 aliphatic heterocycles. The molecule has 9 fully saturated rings. The number of nitrogens with one attached hydrogen (secondary N) is 6. The van der Waals surface area contributed by atoms with Crippen LogP contribution in [-0.2, 0) is 69.0 Å². The molecule has 770 valence electrons. The number of epoxide rings is 1. The number of rotatable bonds is 19. The summed E-state index contributed by atoms with van der Waals surface area (Å²) in [5.41, 5.74) is 23.2. The highest BCUT2D eigenvalue weighted by Crippen LogP contribution is 2.36. The Morgan fingerprint density at radius 1 is 0.431 bits per heavy atom. The second-order valence-corrected chi connectivity index (χ2v) is 42.5. The van der Waals surface area contributed by atoms with Gasteiger partial charge in [-0.1, -0.05) is 253 Å². The molecule has 137 heavy (non-hydrogen) atoms. The van der Waals surface area contributed by atoms with Crippen LogP contribution < -0.4 is 48.7 Å². The van der Waals surface area contributed by atoms with Gasteiger partial charge in [-0.2, -0.15) is 8.42 Å². The average molecular weight is 1940 g/mol. The summed E-state index contributed by atoms with van der Waals surface area (Å²) in [6.07, 6.45) is 31.7. The van der Waals surface area contributed by atoms with Gasteiger partial charge in [-0.05, 0) is 214 Å². The van der Waals surface area contributed by atoms with Crippen LogP contribution in [0.4, 0.5) is 19.2 Å². The number of aliphatic carboxylic acids is 1. The zero-order valence-electron chi connectivity index (χ0n) is 84.2. The average Bonchev–Trinajstić information content (AvgIpc) is 1.65. The van der Waals surface area contributed by atoms with Crippen molar-refractivity contribution in [1.82, 2.24) is 31.9 Å². The van der Waals surface area contributed by atoms with Gasteiger partial charge in [-0.25, -0.2) is 24.0 Å². The van der Waals surface area contributed by atoms with Crippen LogP contribution in [0.5, 0.6) is 0 Å². The van der Waals surface area contributed by atoms with E-state index in [2.05, 4.69) is 95.8 Å². The van der Waals surface area contributed by atoms with Gasteiger partial charge in [-0.3, -0.25) is 4.18 Å². The number of carbonyl (C=O) groups is 5. The number of quaternary nitrogens is 1. The number of hydrogen-bond acceptors (Lipinski definition) is 23. The van der Waals surface area contributed by atoms with Crippen molar-refractivity contribution in [2.75, 3.05) is 6.26 Å². The van der Waals surface area contributed by atoms with Gasteiger partial charge in [0.25, 0.3) is 10.1 Å². The lowest BCUT2D eigenvalue weighted by Gasteiger charge is -2.31. The number of benzene rings is 5. The molecule has 8 saturated carbocycles. The van der Waals surface area contributed by atoms with Crippen molar-refractivity contribution in [2.24, 2.45) is 16.6 Å². The van der Waals surface area contributed by atoms with E-state index in [4.69, 9.17) is 55.1 Å². The number of alkyl carbamates (subject to hydrolysis) is 4. The van der Waals surface area contributed by atoms with E-state index in [0.29, 0.717) is 55.3 Å². The minimum absolute atomic E-state index is 0.0752. The predicted molar refractivity (Wildman–Crippen MR) is 537 cm³/mol. The van der Waals surface area contributed by atoms with Gasteiger partial charge in [0.1, 0.15) is 41.1 Å². The normalized spacial score (nSPS) is 25.1. The molecule has 0 radical (unpaired) electrons. The molecule has 1 heterocycles. The lowest BCUT2D eigenvalue weighted by atomic mass is 9.91. The molecule has 0 bridgehead atoms. The second kappa shape index (κ2) is 64.0. The molecular weight excluding hydrogens is 1770 g/mol. The summed E-state index contributed by atoms with van der Waals surface area (Å²) in [4.78, 5) is 59.3. The van der Waals surface area contributed by atoms with Crippen LogP contribution in [0.1, 0.15) is 322 Å². The van der Waals surface area contributed by atoms with Gasteiger partial charge in [0, 0.05) is 66.7 Å². The maximum atomic E-state index is 11.7. The Morgan fingerprint density at radius 2 is 0.752 bits per heavy atom. The highest BCUT2D eigenvalue weighted by atomic mass is 32.2. The van der Waals surface area contributed by atoms with Gasteiger partial charge in [0.15, 0.2) is 6.10 Å². The summed E-state index contributed by atoms with van der Waals surface area (Å²) in [5.74, 6) is -1.23. The van der Waals surface area contributed by atoms with Crippen molar-refractivity contribution in [3.8, 4) is 0 Å². The SMILES string of the molecule is C1CCC2OC2C1.CC(C)(C)OC(=O)N[C@H]1CCCC[C@@H]1O.CC(C)(C)OC(=O)N[C@H]1CCCC[C@@H]1OS(C)(=O)=O.CC(C)(C)OC(=O)N[C@H]1CCCC[C@H]1N.CC(C)(C)OC(=O)N[C@H]1CCCC[C@H]1N=[N+]=[N-].NCc1ccccc1.O=C(O)[C@H](O)c1ccccc1.OC1CCCCC1NCc1ccccc1.O[C@H]1CCCC[C@@H]1NCc1ccccc1.O[C@H]1CCCC[C@@H]1[NH2+]Cc1ccccc1. The van der Waals surface area contributed by atoms with E-state index < -0.39 is 75.1 Å². The number of ether oxygens (including phenoxy) is 5. The summed E-state index contributed by atoms with van der Waals surface area (Å²) in [6.45, 7) is 25.2. The number of carboxylic acids is 1. The Labute approximate surface area is 817 Å². The van der Waals surface area contributed by atoms with E-state index in [-0.39, 0.29) is 60.7 Å². The van der Waals surface area contributed by atoms with E-state index in [1.165, 1.54) is 86.5 Å². The summed E-state index contributed by atoms with van der Waals surface area (Å²) < 4.78 is 53.3.